The Morgan fingerprint density at radius 3 is 2.83 bits per heavy atom. The van der Waals surface area contributed by atoms with Crippen LogP contribution in [0.4, 0.5) is 0 Å². The minimum Gasteiger partial charge on any atom is -0.510 e. The Labute approximate surface area is 142 Å². The molecule has 0 unspecified atom stereocenters. The van der Waals surface area contributed by atoms with Crippen molar-refractivity contribution in [2.24, 2.45) is 0 Å². The molecule has 0 bridgehead atoms. The minimum atomic E-state index is 0.454. The van der Waals surface area contributed by atoms with Crippen LogP contribution in [0.2, 0.25) is 0 Å². The first kappa shape index (κ1) is 16.3. The molecule has 5 nitrogen and oxygen atoms in total. The number of nitrogens with one attached hydrogen (secondary N) is 1. The summed E-state index contributed by atoms with van der Waals surface area (Å²) in [5.41, 5.74) is 2.22. The number of nitrogens with zero attached hydrogens (tertiary/aromatic N) is 3. The van der Waals surface area contributed by atoms with E-state index in [2.05, 4.69) is 38.1 Å². The monoisotopic (exact) mass is 324 g/mol. The first-order chi connectivity index (χ1) is 11.8. The molecule has 0 saturated heterocycles. The lowest BCUT2D eigenvalue weighted by atomic mass is 10.1. The SMILES string of the molecule is OC1=C(CNCCCn2ccnc2)C=CN(Cc2ccccc2)C1. The van der Waals surface area contributed by atoms with Gasteiger partial charge in [0.25, 0.3) is 0 Å². The van der Waals surface area contributed by atoms with E-state index in [1.165, 1.54) is 5.56 Å². The molecule has 0 aliphatic carbocycles. The van der Waals surface area contributed by atoms with Crippen molar-refractivity contribution in [2.45, 2.75) is 19.5 Å². The zero-order valence-electron chi connectivity index (χ0n) is 13.8. The van der Waals surface area contributed by atoms with Crippen molar-refractivity contribution in [1.29, 1.82) is 0 Å². The zero-order chi connectivity index (χ0) is 16.6. The molecule has 0 amide bonds. The maximum Gasteiger partial charge on any atom is 0.116 e. The minimum absolute atomic E-state index is 0.454. The summed E-state index contributed by atoms with van der Waals surface area (Å²) >= 11 is 0. The molecule has 0 spiro atoms. The van der Waals surface area contributed by atoms with E-state index >= 15 is 0 Å². The molecular formula is C19H24N4O. The Bertz CT molecular complexity index is 677. The summed E-state index contributed by atoms with van der Waals surface area (Å²) in [5.74, 6) is 0.454. The van der Waals surface area contributed by atoms with E-state index in [1.807, 2.05) is 36.8 Å². The van der Waals surface area contributed by atoms with Gasteiger partial charge < -0.3 is 19.9 Å². The van der Waals surface area contributed by atoms with E-state index in [1.54, 1.807) is 6.20 Å². The van der Waals surface area contributed by atoms with E-state index in [4.69, 9.17) is 0 Å². The quantitative estimate of drug-likeness (QED) is 0.733. The van der Waals surface area contributed by atoms with Crippen LogP contribution in [0.5, 0.6) is 0 Å². The molecule has 0 atom stereocenters. The molecule has 0 saturated carbocycles. The first-order valence-electron chi connectivity index (χ1n) is 8.35. The molecular weight excluding hydrogens is 300 g/mol. The summed E-state index contributed by atoms with van der Waals surface area (Å²) in [7, 11) is 0. The Hall–Kier alpha value is -2.53. The summed E-state index contributed by atoms with van der Waals surface area (Å²) in [5, 5.41) is 13.6. The zero-order valence-corrected chi connectivity index (χ0v) is 13.8. The Morgan fingerprint density at radius 2 is 2.08 bits per heavy atom. The van der Waals surface area contributed by atoms with Crippen LogP contribution in [-0.2, 0) is 13.1 Å². The van der Waals surface area contributed by atoms with E-state index in [0.717, 1.165) is 31.6 Å². The topological polar surface area (TPSA) is 53.3 Å². The number of hydrogen-bond donors (Lipinski definition) is 2. The van der Waals surface area contributed by atoms with Crippen molar-refractivity contribution in [3.05, 3.63) is 78.2 Å². The van der Waals surface area contributed by atoms with E-state index in [0.29, 0.717) is 18.8 Å². The van der Waals surface area contributed by atoms with Gasteiger partial charge in [0.05, 0.1) is 12.9 Å². The van der Waals surface area contributed by atoms with Crippen LogP contribution >= 0.6 is 0 Å². The predicted octanol–water partition coefficient (Wildman–Crippen LogP) is 2.70. The molecule has 5 heteroatoms. The molecule has 2 aromatic rings. The third-order valence-corrected chi connectivity index (χ3v) is 4.08. The van der Waals surface area contributed by atoms with Crippen LogP contribution in [0.25, 0.3) is 0 Å². The van der Waals surface area contributed by atoms with Gasteiger partial charge in [0, 0.05) is 43.8 Å². The maximum atomic E-state index is 10.3. The summed E-state index contributed by atoms with van der Waals surface area (Å²) in [4.78, 5) is 6.15. The predicted molar refractivity (Wildman–Crippen MR) is 95.4 cm³/mol. The lowest BCUT2D eigenvalue weighted by Gasteiger charge is -2.25. The van der Waals surface area contributed by atoms with Crippen LogP contribution < -0.4 is 5.32 Å². The average Bonchev–Trinajstić information content (AvgIpc) is 3.11. The van der Waals surface area contributed by atoms with Crippen molar-refractivity contribution in [2.75, 3.05) is 19.6 Å². The van der Waals surface area contributed by atoms with Crippen molar-refractivity contribution < 1.29 is 5.11 Å². The number of imidazole rings is 1. The molecule has 0 radical (unpaired) electrons. The van der Waals surface area contributed by atoms with Gasteiger partial charge in [-0.3, -0.25) is 0 Å². The largest absolute Gasteiger partial charge is 0.510 e. The second kappa shape index (κ2) is 8.36. The van der Waals surface area contributed by atoms with Crippen LogP contribution in [0.3, 0.4) is 0 Å². The van der Waals surface area contributed by atoms with Crippen LogP contribution in [0.15, 0.2) is 72.7 Å². The Balaban J connectivity index is 1.39. The van der Waals surface area contributed by atoms with Crippen molar-refractivity contribution in [3.63, 3.8) is 0 Å². The number of aryl methyl sites for hydroxylation is 1. The van der Waals surface area contributed by atoms with Gasteiger partial charge in [-0.2, -0.15) is 0 Å². The standard InChI is InChI=1S/C19H24N4O/c24-19-15-23(14-17-5-2-1-3-6-17)11-7-18(19)13-20-8-4-10-22-12-9-21-16-22/h1-3,5-7,9,11-12,16,20,24H,4,8,10,13-15H2. The molecule has 24 heavy (non-hydrogen) atoms. The highest BCUT2D eigenvalue weighted by atomic mass is 16.3. The normalized spacial score (nSPS) is 14.4. The van der Waals surface area contributed by atoms with Crippen molar-refractivity contribution in [1.82, 2.24) is 19.8 Å². The second-order valence-corrected chi connectivity index (χ2v) is 6.01. The highest BCUT2D eigenvalue weighted by molar-refractivity contribution is 5.28. The Kier molecular flexibility index (Phi) is 5.69. The number of aromatic nitrogens is 2. The summed E-state index contributed by atoms with van der Waals surface area (Å²) in [6, 6.07) is 10.3. The molecule has 126 valence electrons. The molecule has 3 rings (SSSR count). The smallest absolute Gasteiger partial charge is 0.116 e. The summed E-state index contributed by atoms with van der Waals surface area (Å²) in [6.45, 7) is 3.95. The van der Waals surface area contributed by atoms with Gasteiger partial charge in [0.15, 0.2) is 0 Å². The molecule has 2 N–H and O–H groups in total. The number of rotatable bonds is 8. The van der Waals surface area contributed by atoms with E-state index in [-0.39, 0.29) is 0 Å². The maximum absolute atomic E-state index is 10.3. The molecule has 2 heterocycles. The van der Waals surface area contributed by atoms with Gasteiger partial charge in [0.2, 0.25) is 0 Å². The highest BCUT2D eigenvalue weighted by Crippen LogP contribution is 2.15. The Morgan fingerprint density at radius 1 is 1.21 bits per heavy atom. The lowest BCUT2D eigenvalue weighted by molar-refractivity contribution is 0.296. The lowest BCUT2D eigenvalue weighted by Crippen LogP contribution is -2.27. The van der Waals surface area contributed by atoms with Crippen LogP contribution in [0, 0.1) is 0 Å². The third kappa shape index (κ3) is 4.73. The average molecular weight is 324 g/mol. The number of aliphatic hydroxyl groups excluding tert-OH is 1. The van der Waals surface area contributed by atoms with Gasteiger partial charge in [0.1, 0.15) is 5.76 Å². The van der Waals surface area contributed by atoms with Crippen LogP contribution in [0.1, 0.15) is 12.0 Å². The van der Waals surface area contributed by atoms with Gasteiger partial charge in [-0.25, -0.2) is 4.98 Å². The second-order valence-electron chi connectivity index (χ2n) is 6.01. The van der Waals surface area contributed by atoms with Gasteiger partial charge in [-0.1, -0.05) is 30.3 Å². The number of aliphatic hydroxyl groups is 1. The van der Waals surface area contributed by atoms with E-state index < -0.39 is 0 Å². The van der Waals surface area contributed by atoms with Crippen molar-refractivity contribution >= 4 is 0 Å². The van der Waals surface area contributed by atoms with Gasteiger partial charge in [-0.05, 0) is 24.6 Å². The van der Waals surface area contributed by atoms with E-state index in [9.17, 15) is 5.11 Å². The number of hydrogen-bond acceptors (Lipinski definition) is 4. The molecule has 1 aromatic heterocycles. The summed E-state index contributed by atoms with van der Waals surface area (Å²) in [6.07, 6.45) is 10.7. The first-order valence-corrected chi connectivity index (χ1v) is 8.35. The third-order valence-electron chi connectivity index (χ3n) is 4.08. The fraction of sp³-hybridized carbons (Fsp3) is 0.316. The fourth-order valence-corrected chi connectivity index (χ4v) is 2.75. The molecule has 1 aliphatic rings. The van der Waals surface area contributed by atoms with Crippen molar-refractivity contribution in [3.8, 4) is 0 Å². The highest BCUT2D eigenvalue weighted by Gasteiger charge is 2.12. The molecule has 1 aliphatic heterocycles. The summed E-state index contributed by atoms with van der Waals surface area (Å²) < 4.78 is 2.07. The van der Waals surface area contributed by atoms with Gasteiger partial charge >= 0.3 is 0 Å². The van der Waals surface area contributed by atoms with Crippen LogP contribution in [-0.4, -0.2) is 39.2 Å². The number of benzene rings is 1. The molecule has 0 fully saturated rings. The van der Waals surface area contributed by atoms with Gasteiger partial charge in [-0.15, -0.1) is 0 Å². The molecule has 1 aromatic carbocycles. The fourth-order valence-electron chi connectivity index (χ4n) is 2.75.